The molecule has 0 saturated carbocycles. The molecule has 1 aliphatic rings. The number of benzene rings is 1. The predicted molar refractivity (Wildman–Crippen MR) is 54.9 cm³/mol. The summed E-state index contributed by atoms with van der Waals surface area (Å²) >= 11 is 0. The number of nitrogens with one attached hydrogen (secondary N) is 1. The van der Waals surface area contributed by atoms with Crippen LogP contribution in [0.25, 0.3) is 0 Å². The molecule has 0 heterocycles. The number of rotatable bonds is 2. The molecule has 0 atom stereocenters. The van der Waals surface area contributed by atoms with Crippen LogP contribution >= 0.6 is 0 Å². The van der Waals surface area contributed by atoms with Crippen LogP contribution in [-0.2, 0) is 12.8 Å². The van der Waals surface area contributed by atoms with Crippen molar-refractivity contribution in [1.29, 1.82) is 0 Å². The van der Waals surface area contributed by atoms with Gasteiger partial charge in [0.1, 0.15) is 0 Å². The number of aliphatic hydroxyl groups excluding tert-OH is 1. The van der Waals surface area contributed by atoms with Crippen LogP contribution in [0, 0.1) is 0 Å². The lowest BCUT2D eigenvalue weighted by atomic mass is 9.91. The Bertz CT molecular complexity index is 323. The molecule has 3 N–H and O–H groups in total. The van der Waals surface area contributed by atoms with Crippen molar-refractivity contribution in [1.82, 2.24) is 0 Å². The number of hydrogen-bond donors (Lipinski definition) is 3. The summed E-state index contributed by atoms with van der Waals surface area (Å²) in [7, 11) is 0. The number of anilines is 1. The standard InChI is InChI=1S/C11H15NO2/c13-11(14)12-10-6-5-8-3-1-2-4-9(8)7-10/h5-7,11-14H,1-4H2. The van der Waals surface area contributed by atoms with Crippen LogP contribution in [0.2, 0.25) is 0 Å². The molecule has 1 aromatic rings. The Hall–Kier alpha value is -1.06. The van der Waals surface area contributed by atoms with Crippen LogP contribution < -0.4 is 5.32 Å². The van der Waals surface area contributed by atoms with Gasteiger partial charge in [-0.15, -0.1) is 0 Å². The third-order valence-electron chi connectivity index (χ3n) is 2.64. The van der Waals surface area contributed by atoms with Gasteiger partial charge >= 0.3 is 0 Å². The van der Waals surface area contributed by atoms with Crippen molar-refractivity contribution in [2.45, 2.75) is 32.1 Å². The highest BCUT2D eigenvalue weighted by atomic mass is 16.5. The molecule has 0 bridgehead atoms. The van der Waals surface area contributed by atoms with Crippen molar-refractivity contribution in [2.75, 3.05) is 5.32 Å². The summed E-state index contributed by atoms with van der Waals surface area (Å²) in [4.78, 5) is 0. The fourth-order valence-electron chi connectivity index (χ4n) is 1.97. The number of aryl methyl sites for hydroxylation is 2. The highest BCUT2D eigenvalue weighted by Gasteiger charge is 2.09. The Balaban J connectivity index is 2.20. The van der Waals surface area contributed by atoms with E-state index >= 15 is 0 Å². The van der Waals surface area contributed by atoms with Gasteiger partial charge in [0.2, 0.25) is 6.41 Å². The highest BCUT2D eigenvalue weighted by molar-refractivity contribution is 5.49. The first-order chi connectivity index (χ1) is 6.75. The van der Waals surface area contributed by atoms with E-state index in [2.05, 4.69) is 11.4 Å². The molecule has 0 saturated heterocycles. The first kappa shape index (κ1) is 9.49. The minimum Gasteiger partial charge on any atom is -0.351 e. The van der Waals surface area contributed by atoms with Crippen LogP contribution in [-0.4, -0.2) is 16.6 Å². The highest BCUT2D eigenvalue weighted by Crippen LogP contribution is 2.24. The topological polar surface area (TPSA) is 52.5 Å². The van der Waals surface area contributed by atoms with E-state index in [9.17, 15) is 0 Å². The number of fused-ring (bicyclic) bond motifs is 1. The molecule has 3 heteroatoms. The number of hydrogen-bond acceptors (Lipinski definition) is 3. The first-order valence-corrected chi connectivity index (χ1v) is 5.00. The van der Waals surface area contributed by atoms with Gasteiger partial charge in [0.25, 0.3) is 0 Å². The van der Waals surface area contributed by atoms with Crippen molar-refractivity contribution in [3.8, 4) is 0 Å². The Morgan fingerprint density at radius 3 is 2.50 bits per heavy atom. The third-order valence-corrected chi connectivity index (χ3v) is 2.64. The summed E-state index contributed by atoms with van der Waals surface area (Å²) < 4.78 is 0. The summed E-state index contributed by atoms with van der Waals surface area (Å²) in [6.07, 6.45) is 3.28. The maximum absolute atomic E-state index is 8.75. The average molecular weight is 193 g/mol. The summed E-state index contributed by atoms with van der Waals surface area (Å²) in [6.45, 7) is 0. The molecule has 0 aromatic heterocycles. The molecule has 76 valence electrons. The second-order valence-corrected chi connectivity index (χ2v) is 3.71. The molecule has 0 unspecified atom stereocenters. The molecular formula is C11H15NO2. The monoisotopic (exact) mass is 193 g/mol. The molecule has 0 fully saturated rings. The van der Waals surface area contributed by atoms with Crippen molar-refractivity contribution >= 4 is 5.69 Å². The molecule has 0 aliphatic heterocycles. The van der Waals surface area contributed by atoms with E-state index in [0.29, 0.717) is 0 Å². The fourth-order valence-corrected chi connectivity index (χ4v) is 1.97. The molecule has 1 aliphatic carbocycles. The molecular weight excluding hydrogens is 178 g/mol. The summed E-state index contributed by atoms with van der Waals surface area (Å²) in [5.74, 6) is 0. The van der Waals surface area contributed by atoms with E-state index < -0.39 is 6.41 Å². The lowest BCUT2D eigenvalue weighted by Gasteiger charge is -2.17. The first-order valence-electron chi connectivity index (χ1n) is 5.00. The van der Waals surface area contributed by atoms with E-state index in [1.54, 1.807) is 0 Å². The zero-order chi connectivity index (χ0) is 9.97. The maximum Gasteiger partial charge on any atom is 0.232 e. The van der Waals surface area contributed by atoms with Crippen LogP contribution in [0.3, 0.4) is 0 Å². The fraction of sp³-hybridized carbons (Fsp3) is 0.455. The molecule has 0 amide bonds. The zero-order valence-electron chi connectivity index (χ0n) is 8.03. The van der Waals surface area contributed by atoms with E-state index in [0.717, 1.165) is 18.5 Å². The zero-order valence-corrected chi connectivity index (χ0v) is 8.03. The molecule has 1 aromatic carbocycles. The van der Waals surface area contributed by atoms with E-state index in [4.69, 9.17) is 10.2 Å². The van der Waals surface area contributed by atoms with Gasteiger partial charge in [0.15, 0.2) is 0 Å². The molecule has 3 nitrogen and oxygen atoms in total. The lowest BCUT2D eigenvalue weighted by molar-refractivity contribution is -0.0147. The van der Waals surface area contributed by atoms with Crippen molar-refractivity contribution in [3.63, 3.8) is 0 Å². The summed E-state index contributed by atoms with van der Waals surface area (Å²) in [5, 5.41) is 20.1. The molecule has 0 spiro atoms. The van der Waals surface area contributed by atoms with E-state index in [-0.39, 0.29) is 0 Å². The Labute approximate surface area is 83.4 Å². The van der Waals surface area contributed by atoms with Crippen LogP contribution in [0.1, 0.15) is 24.0 Å². The van der Waals surface area contributed by atoms with Gasteiger partial charge in [-0.25, -0.2) is 0 Å². The maximum atomic E-state index is 8.75. The smallest absolute Gasteiger partial charge is 0.232 e. The van der Waals surface area contributed by atoms with Gasteiger partial charge in [0.05, 0.1) is 0 Å². The normalized spacial score (nSPS) is 15.4. The number of aliphatic hydroxyl groups is 2. The molecule has 14 heavy (non-hydrogen) atoms. The minimum absolute atomic E-state index is 0.778. The quantitative estimate of drug-likeness (QED) is 0.619. The summed E-state index contributed by atoms with van der Waals surface area (Å²) in [6, 6.07) is 5.97. The third kappa shape index (κ3) is 2.05. The lowest BCUT2D eigenvalue weighted by Crippen LogP contribution is -2.17. The second-order valence-electron chi connectivity index (χ2n) is 3.71. The largest absolute Gasteiger partial charge is 0.351 e. The Morgan fingerprint density at radius 1 is 1.07 bits per heavy atom. The van der Waals surface area contributed by atoms with Crippen LogP contribution in [0.15, 0.2) is 18.2 Å². The van der Waals surface area contributed by atoms with Crippen molar-refractivity contribution in [3.05, 3.63) is 29.3 Å². The van der Waals surface area contributed by atoms with E-state index in [1.165, 1.54) is 24.0 Å². The Kier molecular flexibility index (Phi) is 2.70. The average Bonchev–Trinajstić information content (AvgIpc) is 2.17. The predicted octanol–water partition coefficient (Wildman–Crippen LogP) is 1.25. The SMILES string of the molecule is OC(O)Nc1ccc2c(c1)CCCC2. The van der Waals surface area contributed by atoms with Gasteiger partial charge in [0, 0.05) is 5.69 Å². The van der Waals surface area contributed by atoms with Gasteiger partial charge < -0.3 is 15.5 Å². The van der Waals surface area contributed by atoms with Gasteiger partial charge in [-0.2, -0.15) is 0 Å². The molecule has 0 radical (unpaired) electrons. The van der Waals surface area contributed by atoms with Crippen LogP contribution in [0.5, 0.6) is 0 Å². The van der Waals surface area contributed by atoms with Crippen molar-refractivity contribution < 1.29 is 10.2 Å². The van der Waals surface area contributed by atoms with E-state index in [1.807, 2.05) is 12.1 Å². The molecule has 2 rings (SSSR count). The second kappa shape index (κ2) is 3.98. The Morgan fingerprint density at radius 2 is 1.79 bits per heavy atom. The van der Waals surface area contributed by atoms with Gasteiger partial charge in [-0.1, -0.05) is 6.07 Å². The van der Waals surface area contributed by atoms with Gasteiger partial charge in [-0.3, -0.25) is 0 Å². The van der Waals surface area contributed by atoms with Crippen molar-refractivity contribution in [2.24, 2.45) is 0 Å². The van der Waals surface area contributed by atoms with Gasteiger partial charge in [-0.05, 0) is 48.9 Å². The van der Waals surface area contributed by atoms with Crippen LogP contribution in [0.4, 0.5) is 5.69 Å². The minimum atomic E-state index is -1.48. The summed E-state index contributed by atoms with van der Waals surface area (Å²) in [5.41, 5.74) is 3.51.